The summed E-state index contributed by atoms with van der Waals surface area (Å²) in [7, 11) is -1.19. The van der Waals surface area contributed by atoms with Crippen molar-refractivity contribution < 1.29 is 19.1 Å². The lowest BCUT2D eigenvalue weighted by atomic mass is 10.2. The normalized spacial score (nSPS) is 18.3. The molecule has 6 nitrogen and oxygen atoms in total. The number of rotatable bonds is 5. The zero-order valence-electron chi connectivity index (χ0n) is 17.7. The minimum Gasteiger partial charge on any atom is -0.450 e. The highest BCUT2D eigenvalue weighted by atomic mass is 32.2. The summed E-state index contributed by atoms with van der Waals surface area (Å²) < 4.78 is 10.6. The fourth-order valence-corrected chi connectivity index (χ4v) is 3.86. The maximum Gasteiger partial charge on any atom is 0.409 e. The smallest absolute Gasteiger partial charge is 0.409 e. The minimum absolute atomic E-state index is 0.218. The molecule has 1 unspecified atom stereocenters. The van der Waals surface area contributed by atoms with E-state index in [2.05, 4.69) is 36.1 Å². The standard InChI is InChI=1S/C19H34N2O4SSi/c1-15(20-17(22)25-19(2,3)4)9-12-26-16-8-10-21(14-16)18(23)24-11-13-27(5,6)7/h15-16H,8,10-11,13-14H2,1-7H3,(H,20,22)/t15-,16?/m1/s1. The van der Waals surface area contributed by atoms with Crippen molar-refractivity contribution in [3.05, 3.63) is 0 Å². The van der Waals surface area contributed by atoms with Crippen molar-refractivity contribution in [2.75, 3.05) is 19.7 Å². The van der Waals surface area contributed by atoms with Crippen LogP contribution in [0, 0.1) is 11.2 Å². The Morgan fingerprint density at radius 1 is 1.33 bits per heavy atom. The van der Waals surface area contributed by atoms with Crippen molar-refractivity contribution in [3.63, 3.8) is 0 Å². The molecule has 1 aliphatic rings. The van der Waals surface area contributed by atoms with E-state index >= 15 is 0 Å². The average molecular weight is 415 g/mol. The quantitative estimate of drug-likeness (QED) is 0.541. The summed E-state index contributed by atoms with van der Waals surface area (Å²) in [5, 5.41) is 6.01. The second-order valence-electron chi connectivity index (χ2n) is 9.01. The second-order valence-corrected chi connectivity index (χ2v) is 15.7. The maximum absolute atomic E-state index is 12.1. The van der Waals surface area contributed by atoms with Crippen LogP contribution in [0.2, 0.25) is 25.7 Å². The number of carbonyl (C=O) groups excluding carboxylic acids is 2. The molecule has 27 heavy (non-hydrogen) atoms. The fraction of sp³-hybridized carbons (Fsp3) is 0.789. The molecule has 1 saturated heterocycles. The monoisotopic (exact) mass is 414 g/mol. The Balaban J connectivity index is 2.30. The lowest BCUT2D eigenvalue weighted by Gasteiger charge is -2.20. The van der Waals surface area contributed by atoms with E-state index < -0.39 is 19.8 Å². The molecule has 1 N–H and O–H groups in total. The Morgan fingerprint density at radius 3 is 2.59 bits per heavy atom. The molecule has 1 rings (SSSR count). The zero-order valence-corrected chi connectivity index (χ0v) is 19.5. The van der Waals surface area contributed by atoms with Crippen LogP contribution >= 0.6 is 11.8 Å². The van der Waals surface area contributed by atoms with E-state index in [4.69, 9.17) is 9.47 Å². The van der Waals surface area contributed by atoms with Crippen molar-refractivity contribution in [1.82, 2.24) is 10.2 Å². The maximum atomic E-state index is 12.1. The molecule has 8 heteroatoms. The molecule has 0 bridgehead atoms. The topological polar surface area (TPSA) is 67.9 Å². The van der Waals surface area contributed by atoms with Gasteiger partial charge in [-0.15, -0.1) is 0 Å². The number of carbonyl (C=O) groups is 2. The van der Waals surface area contributed by atoms with Gasteiger partial charge in [0.15, 0.2) is 0 Å². The summed E-state index contributed by atoms with van der Waals surface area (Å²) in [6, 6.07) is 0.690. The summed E-state index contributed by atoms with van der Waals surface area (Å²) in [5.74, 6) is 2.99. The van der Waals surface area contributed by atoms with E-state index in [-0.39, 0.29) is 17.4 Å². The Morgan fingerprint density at radius 2 is 2.00 bits per heavy atom. The first-order chi connectivity index (χ1) is 12.4. The van der Waals surface area contributed by atoms with Gasteiger partial charge in [-0.1, -0.05) is 37.3 Å². The number of ether oxygens (including phenoxy) is 2. The number of thioether (sulfide) groups is 1. The summed E-state index contributed by atoms with van der Waals surface area (Å²) in [4.78, 5) is 25.6. The number of likely N-dealkylation sites (tertiary alicyclic amines) is 1. The highest BCUT2D eigenvalue weighted by Crippen LogP contribution is 2.22. The van der Waals surface area contributed by atoms with Gasteiger partial charge in [-0.25, -0.2) is 9.59 Å². The molecule has 0 saturated carbocycles. The number of alkyl carbamates (subject to hydrolysis) is 1. The largest absolute Gasteiger partial charge is 0.450 e. The number of amides is 2. The molecule has 0 spiro atoms. The van der Waals surface area contributed by atoms with Gasteiger partial charge in [-0.3, -0.25) is 0 Å². The predicted octanol–water partition coefficient (Wildman–Crippen LogP) is 4.14. The number of hydrogen-bond donors (Lipinski definition) is 1. The zero-order chi connectivity index (χ0) is 20.7. The van der Waals surface area contributed by atoms with Crippen LogP contribution in [0.3, 0.4) is 0 Å². The summed E-state index contributed by atoms with van der Waals surface area (Å²) in [5.41, 5.74) is -0.525. The summed E-state index contributed by atoms with van der Waals surface area (Å²) >= 11 is 1.51. The molecule has 1 aliphatic heterocycles. The first-order valence-electron chi connectivity index (χ1n) is 9.43. The van der Waals surface area contributed by atoms with Crippen molar-refractivity contribution in [3.8, 4) is 11.2 Å². The number of hydrogen-bond acceptors (Lipinski definition) is 5. The molecule has 2 atom stereocenters. The highest BCUT2D eigenvalue weighted by Gasteiger charge is 2.27. The van der Waals surface area contributed by atoms with E-state index in [1.807, 2.05) is 27.7 Å². The van der Waals surface area contributed by atoms with E-state index in [0.29, 0.717) is 19.7 Å². The molecular weight excluding hydrogens is 380 g/mol. The van der Waals surface area contributed by atoms with Gasteiger partial charge in [0.05, 0.1) is 12.6 Å². The van der Waals surface area contributed by atoms with Gasteiger partial charge in [0, 0.05) is 26.4 Å². The van der Waals surface area contributed by atoms with Gasteiger partial charge >= 0.3 is 12.2 Å². The van der Waals surface area contributed by atoms with Gasteiger partial charge in [0.25, 0.3) is 0 Å². The van der Waals surface area contributed by atoms with Crippen molar-refractivity contribution in [2.45, 2.75) is 76.7 Å². The molecule has 0 radical (unpaired) electrons. The van der Waals surface area contributed by atoms with Gasteiger partial charge in [0.2, 0.25) is 0 Å². The molecule has 2 amide bonds. The van der Waals surface area contributed by atoms with Gasteiger partial charge in [-0.05, 0) is 45.4 Å². The van der Waals surface area contributed by atoms with Crippen LogP contribution in [-0.4, -0.2) is 61.7 Å². The van der Waals surface area contributed by atoms with E-state index in [1.54, 1.807) is 4.90 Å². The fourth-order valence-electron chi connectivity index (χ4n) is 2.25. The van der Waals surface area contributed by atoms with Gasteiger partial charge in [0.1, 0.15) is 5.60 Å². The first kappa shape index (κ1) is 23.7. The third kappa shape index (κ3) is 11.2. The van der Waals surface area contributed by atoms with Crippen LogP contribution in [0.5, 0.6) is 0 Å². The Bertz CT molecular complexity index is 575. The van der Waals surface area contributed by atoms with Crippen LogP contribution in [0.15, 0.2) is 0 Å². The van der Waals surface area contributed by atoms with E-state index in [0.717, 1.165) is 12.5 Å². The Hall–Kier alpha value is -1.33. The molecule has 0 aromatic heterocycles. The van der Waals surface area contributed by atoms with Crippen LogP contribution in [0.4, 0.5) is 9.59 Å². The Labute approximate surface area is 169 Å². The predicted molar refractivity (Wildman–Crippen MR) is 114 cm³/mol. The van der Waals surface area contributed by atoms with E-state index in [1.165, 1.54) is 11.8 Å². The van der Waals surface area contributed by atoms with Crippen LogP contribution in [0.25, 0.3) is 0 Å². The number of nitrogens with one attached hydrogen (secondary N) is 1. The molecule has 0 aromatic rings. The molecule has 154 valence electrons. The molecule has 1 fully saturated rings. The number of nitrogens with zero attached hydrogens (tertiary/aromatic N) is 1. The molecule has 0 aliphatic carbocycles. The summed E-state index contributed by atoms with van der Waals surface area (Å²) in [6.45, 7) is 15.9. The minimum atomic E-state index is -1.19. The van der Waals surface area contributed by atoms with Crippen LogP contribution in [-0.2, 0) is 9.47 Å². The SMILES string of the molecule is C[C@H](C#CSC1CCN(C(=O)OCC[Si](C)(C)C)C1)NC(=O)OC(C)(C)C. The first-order valence-corrected chi connectivity index (χ1v) is 14.0. The average Bonchev–Trinajstić information content (AvgIpc) is 2.92. The van der Waals surface area contributed by atoms with Crippen LogP contribution in [0.1, 0.15) is 34.1 Å². The Kier molecular flexibility index (Phi) is 9.02. The van der Waals surface area contributed by atoms with Gasteiger partial charge < -0.3 is 19.7 Å². The van der Waals surface area contributed by atoms with Crippen molar-refractivity contribution in [2.24, 2.45) is 0 Å². The lowest BCUT2D eigenvalue weighted by molar-refractivity contribution is 0.0519. The van der Waals surface area contributed by atoms with Crippen LogP contribution < -0.4 is 5.32 Å². The van der Waals surface area contributed by atoms with Crippen molar-refractivity contribution >= 4 is 32.0 Å². The van der Waals surface area contributed by atoms with E-state index in [9.17, 15) is 9.59 Å². The van der Waals surface area contributed by atoms with Gasteiger partial charge in [-0.2, -0.15) is 0 Å². The van der Waals surface area contributed by atoms with Crippen molar-refractivity contribution in [1.29, 1.82) is 0 Å². The summed E-state index contributed by atoms with van der Waals surface area (Å²) in [6.07, 6.45) is 0.211. The lowest BCUT2D eigenvalue weighted by Crippen LogP contribution is -2.37. The molecular formula is C19H34N2O4SSi. The molecule has 0 aromatic carbocycles. The molecule has 1 heterocycles. The third-order valence-corrected chi connectivity index (χ3v) is 6.37. The second kappa shape index (κ2) is 10.3. The highest BCUT2D eigenvalue weighted by molar-refractivity contribution is 8.04. The third-order valence-electron chi connectivity index (χ3n) is 3.72.